The second-order valence-corrected chi connectivity index (χ2v) is 4.78. The third kappa shape index (κ3) is 7.09. The van der Waals surface area contributed by atoms with Crippen LogP contribution >= 0.6 is 0 Å². The van der Waals surface area contributed by atoms with Crippen LogP contribution in [0.2, 0.25) is 0 Å². The van der Waals surface area contributed by atoms with E-state index in [4.69, 9.17) is 4.18 Å². The molecule has 1 atom stereocenters. The Bertz CT molecular complexity index is 255. The predicted molar refractivity (Wildman–Crippen MR) is 58.6 cm³/mol. The Morgan fingerprint density at radius 2 is 2.00 bits per heavy atom. The van der Waals surface area contributed by atoms with E-state index in [1.807, 2.05) is 13.8 Å². The van der Waals surface area contributed by atoms with Crippen LogP contribution in [0.15, 0.2) is 12.2 Å². The molecule has 3 nitrogen and oxygen atoms in total. The summed E-state index contributed by atoms with van der Waals surface area (Å²) in [6, 6.07) is 0. The van der Waals surface area contributed by atoms with Gasteiger partial charge in [0.25, 0.3) is 10.1 Å². The van der Waals surface area contributed by atoms with Crippen molar-refractivity contribution in [3.05, 3.63) is 12.2 Å². The number of hydrogen-bond acceptors (Lipinski definition) is 3. The number of hydrogen-bond donors (Lipinski definition) is 0. The molecule has 0 fully saturated rings. The molecule has 1 rings (SSSR count). The molecule has 0 saturated heterocycles. The third-order valence-corrected chi connectivity index (χ3v) is 2.46. The van der Waals surface area contributed by atoms with Gasteiger partial charge in [-0.05, 0) is 25.2 Å². The van der Waals surface area contributed by atoms with E-state index in [9.17, 15) is 8.42 Å². The molecule has 0 aromatic heterocycles. The minimum Gasteiger partial charge on any atom is -0.270 e. The fourth-order valence-corrected chi connectivity index (χ4v) is 1.67. The van der Waals surface area contributed by atoms with Crippen LogP contribution in [0.1, 0.15) is 33.1 Å². The summed E-state index contributed by atoms with van der Waals surface area (Å²) in [4.78, 5) is 0. The first kappa shape index (κ1) is 13.7. The summed E-state index contributed by atoms with van der Waals surface area (Å²) in [5.41, 5.74) is 0. The molecule has 0 aliphatic heterocycles. The first-order valence-corrected chi connectivity index (χ1v) is 6.89. The van der Waals surface area contributed by atoms with Gasteiger partial charge in [-0.15, -0.1) is 0 Å². The molecule has 0 N–H and O–H groups in total. The van der Waals surface area contributed by atoms with Gasteiger partial charge in [-0.25, -0.2) is 0 Å². The SMILES string of the molecule is CC.CS(=O)(=O)OC[C@H]1CC=CCC1. The van der Waals surface area contributed by atoms with Crippen molar-refractivity contribution in [3.63, 3.8) is 0 Å². The van der Waals surface area contributed by atoms with Crippen LogP contribution in [-0.4, -0.2) is 21.3 Å². The van der Waals surface area contributed by atoms with E-state index in [1.165, 1.54) is 0 Å². The molecule has 4 heteroatoms. The van der Waals surface area contributed by atoms with Crippen LogP contribution < -0.4 is 0 Å². The Labute approximate surface area is 87.3 Å². The summed E-state index contributed by atoms with van der Waals surface area (Å²) in [5.74, 6) is 0.379. The van der Waals surface area contributed by atoms with Gasteiger partial charge in [0.15, 0.2) is 0 Å². The highest BCUT2D eigenvalue weighted by Gasteiger charge is 2.12. The largest absolute Gasteiger partial charge is 0.270 e. The normalized spacial score (nSPS) is 21.2. The van der Waals surface area contributed by atoms with Crippen molar-refractivity contribution in [3.8, 4) is 0 Å². The van der Waals surface area contributed by atoms with E-state index in [1.54, 1.807) is 0 Å². The molecular formula is C10H20O3S. The van der Waals surface area contributed by atoms with Crippen LogP contribution in [0.25, 0.3) is 0 Å². The lowest BCUT2D eigenvalue weighted by Crippen LogP contribution is -2.14. The summed E-state index contributed by atoms with van der Waals surface area (Å²) in [6.07, 6.45) is 8.31. The van der Waals surface area contributed by atoms with Crippen LogP contribution in [0.4, 0.5) is 0 Å². The lowest BCUT2D eigenvalue weighted by Gasteiger charge is -2.16. The Kier molecular flexibility index (Phi) is 6.83. The van der Waals surface area contributed by atoms with E-state index in [-0.39, 0.29) is 0 Å². The Morgan fingerprint density at radius 1 is 1.36 bits per heavy atom. The van der Waals surface area contributed by atoms with Gasteiger partial charge in [0.1, 0.15) is 0 Å². The van der Waals surface area contributed by atoms with E-state index in [0.717, 1.165) is 25.5 Å². The first-order valence-electron chi connectivity index (χ1n) is 5.07. The summed E-state index contributed by atoms with van der Waals surface area (Å²) in [6.45, 7) is 4.34. The zero-order chi connectivity index (χ0) is 11.0. The first-order chi connectivity index (χ1) is 6.58. The molecule has 0 aromatic carbocycles. The van der Waals surface area contributed by atoms with Gasteiger partial charge in [-0.3, -0.25) is 4.18 Å². The van der Waals surface area contributed by atoms with E-state index >= 15 is 0 Å². The fourth-order valence-electron chi connectivity index (χ4n) is 1.23. The van der Waals surface area contributed by atoms with Crippen LogP contribution in [0, 0.1) is 5.92 Å². The molecule has 1 aliphatic rings. The maximum atomic E-state index is 10.6. The highest BCUT2D eigenvalue weighted by Crippen LogP contribution is 2.18. The quantitative estimate of drug-likeness (QED) is 0.541. The molecule has 0 heterocycles. The molecule has 0 spiro atoms. The minimum absolute atomic E-state index is 0.336. The maximum absolute atomic E-state index is 10.6. The molecule has 84 valence electrons. The molecule has 0 unspecified atom stereocenters. The molecular weight excluding hydrogens is 200 g/mol. The zero-order valence-electron chi connectivity index (χ0n) is 9.19. The summed E-state index contributed by atoms with van der Waals surface area (Å²) < 4.78 is 26.0. The smallest absolute Gasteiger partial charge is 0.264 e. The summed E-state index contributed by atoms with van der Waals surface area (Å²) in [5, 5.41) is 0. The molecule has 14 heavy (non-hydrogen) atoms. The molecule has 1 aliphatic carbocycles. The van der Waals surface area contributed by atoms with Crippen LogP contribution in [0.5, 0.6) is 0 Å². The highest BCUT2D eigenvalue weighted by molar-refractivity contribution is 7.85. The minimum atomic E-state index is -3.25. The zero-order valence-corrected chi connectivity index (χ0v) is 10.0. The van der Waals surface area contributed by atoms with Crippen molar-refractivity contribution < 1.29 is 12.6 Å². The number of allylic oxidation sites excluding steroid dienone is 2. The third-order valence-electron chi connectivity index (χ3n) is 1.90. The second kappa shape index (κ2) is 7.01. The maximum Gasteiger partial charge on any atom is 0.264 e. The Balaban J connectivity index is 0.000000791. The molecule has 0 saturated carbocycles. The van der Waals surface area contributed by atoms with Gasteiger partial charge in [-0.1, -0.05) is 26.0 Å². The van der Waals surface area contributed by atoms with Crippen molar-refractivity contribution in [2.75, 3.05) is 12.9 Å². The van der Waals surface area contributed by atoms with Crippen molar-refractivity contribution in [1.82, 2.24) is 0 Å². The lowest BCUT2D eigenvalue weighted by atomic mass is 9.96. The van der Waals surface area contributed by atoms with Crippen molar-refractivity contribution >= 4 is 10.1 Å². The van der Waals surface area contributed by atoms with Gasteiger partial charge >= 0.3 is 0 Å². The average Bonchev–Trinajstić information content (AvgIpc) is 2.19. The Hall–Kier alpha value is -0.350. The van der Waals surface area contributed by atoms with Gasteiger partial charge in [0, 0.05) is 0 Å². The average molecular weight is 220 g/mol. The van der Waals surface area contributed by atoms with Crippen molar-refractivity contribution in [2.24, 2.45) is 5.92 Å². The molecule has 0 radical (unpaired) electrons. The standard InChI is InChI=1S/C8H14O3S.C2H6/c1-12(9,10)11-7-8-5-3-2-4-6-8;1-2/h2-3,8H,4-7H2,1H3;1-2H3/t8-;/m0./s1. The predicted octanol–water partition coefficient (Wildman–Crippen LogP) is 2.35. The van der Waals surface area contributed by atoms with Gasteiger partial charge < -0.3 is 0 Å². The van der Waals surface area contributed by atoms with Crippen LogP contribution in [0.3, 0.4) is 0 Å². The highest BCUT2D eigenvalue weighted by atomic mass is 32.2. The van der Waals surface area contributed by atoms with Crippen LogP contribution in [-0.2, 0) is 14.3 Å². The Morgan fingerprint density at radius 3 is 2.43 bits per heavy atom. The molecule has 0 bridgehead atoms. The van der Waals surface area contributed by atoms with E-state index in [2.05, 4.69) is 12.2 Å². The van der Waals surface area contributed by atoms with Gasteiger partial charge in [-0.2, -0.15) is 8.42 Å². The topological polar surface area (TPSA) is 43.4 Å². The summed E-state index contributed by atoms with van der Waals surface area (Å²) in [7, 11) is -3.25. The molecule has 0 amide bonds. The summed E-state index contributed by atoms with van der Waals surface area (Å²) >= 11 is 0. The van der Waals surface area contributed by atoms with Crippen molar-refractivity contribution in [1.29, 1.82) is 0 Å². The van der Waals surface area contributed by atoms with Gasteiger partial charge in [0.2, 0.25) is 0 Å². The van der Waals surface area contributed by atoms with E-state index in [0.29, 0.717) is 12.5 Å². The second-order valence-electron chi connectivity index (χ2n) is 3.14. The van der Waals surface area contributed by atoms with Crippen molar-refractivity contribution in [2.45, 2.75) is 33.1 Å². The number of rotatable bonds is 3. The molecule has 0 aromatic rings. The lowest BCUT2D eigenvalue weighted by molar-refractivity contribution is 0.246. The fraction of sp³-hybridized carbons (Fsp3) is 0.800. The monoisotopic (exact) mass is 220 g/mol. The van der Waals surface area contributed by atoms with E-state index < -0.39 is 10.1 Å². The van der Waals surface area contributed by atoms with Gasteiger partial charge in [0.05, 0.1) is 12.9 Å².